The molecule has 29 heavy (non-hydrogen) atoms. The normalized spacial score (nSPS) is 18.9. The highest BCUT2D eigenvalue weighted by atomic mass is 16.3. The predicted molar refractivity (Wildman–Crippen MR) is 104 cm³/mol. The summed E-state index contributed by atoms with van der Waals surface area (Å²) in [4.78, 5) is 27.4. The average Bonchev–Trinajstić information content (AvgIpc) is 3.13. The Hall–Kier alpha value is -3.42. The van der Waals surface area contributed by atoms with Crippen molar-refractivity contribution in [2.45, 2.75) is 38.1 Å². The monoisotopic (exact) mass is 388 g/mol. The first-order chi connectivity index (χ1) is 14.2. The van der Waals surface area contributed by atoms with Gasteiger partial charge in [0.15, 0.2) is 6.39 Å². The van der Waals surface area contributed by atoms with Crippen LogP contribution in [0.5, 0.6) is 0 Å². The Kier molecular flexibility index (Phi) is 3.44. The number of nitrogens with one attached hydrogen (secondary N) is 1. The van der Waals surface area contributed by atoms with Gasteiger partial charge in [0, 0.05) is 30.8 Å². The lowest BCUT2D eigenvalue weighted by Crippen LogP contribution is -2.41. The van der Waals surface area contributed by atoms with E-state index in [0.717, 1.165) is 53.1 Å². The summed E-state index contributed by atoms with van der Waals surface area (Å²) in [5.41, 5.74) is 5.64. The molecule has 0 spiro atoms. The van der Waals surface area contributed by atoms with E-state index in [4.69, 9.17) is 9.52 Å². The molecule has 1 aliphatic carbocycles. The topological polar surface area (TPSA) is 92.3 Å². The lowest BCUT2D eigenvalue weighted by atomic mass is 9.99. The third-order valence-corrected chi connectivity index (χ3v) is 5.95. The number of aromatic nitrogens is 5. The van der Waals surface area contributed by atoms with Crippen LogP contribution in [-0.2, 0) is 6.42 Å². The second-order valence-electron chi connectivity index (χ2n) is 7.85. The second-order valence-corrected chi connectivity index (χ2v) is 7.85. The minimum absolute atomic E-state index is 0.142. The summed E-state index contributed by atoms with van der Waals surface area (Å²) < 4.78 is 7.42. The summed E-state index contributed by atoms with van der Waals surface area (Å²) in [6.45, 7) is 2.62. The lowest BCUT2D eigenvalue weighted by molar-refractivity contribution is 0.0652. The van der Waals surface area contributed by atoms with Crippen molar-refractivity contribution in [3.63, 3.8) is 0 Å². The summed E-state index contributed by atoms with van der Waals surface area (Å²) in [6, 6.07) is 5.71. The van der Waals surface area contributed by atoms with Gasteiger partial charge in [-0.2, -0.15) is 5.10 Å². The molecule has 146 valence electrons. The first kappa shape index (κ1) is 16.5. The number of aromatic amines is 1. The molecule has 6 rings (SSSR count). The molecule has 0 saturated heterocycles. The molecule has 0 unspecified atom stereocenters. The highest BCUT2D eigenvalue weighted by molar-refractivity contribution is 5.93. The maximum absolute atomic E-state index is 13.5. The smallest absolute Gasteiger partial charge is 0.292 e. The molecule has 4 aromatic rings. The van der Waals surface area contributed by atoms with Gasteiger partial charge in [-0.1, -0.05) is 6.07 Å². The van der Waals surface area contributed by atoms with Crippen molar-refractivity contribution in [1.82, 2.24) is 29.5 Å². The summed E-state index contributed by atoms with van der Waals surface area (Å²) in [7, 11) is 0. The van der Waals surface area contributed by atoms with Crippen LogP contribution in [0.25, 0.3) is 5.52 Å². The molecule has 0 aromatic carbocycles. The van der Waals surface area contributed by atoms with Gasteiger partial charge in [-0.05, 0) is 37.5 Å². The Balaban J connectivity index is 1.47. The van der Waals surface area contributed by atoms with Crippen LogP contribution < -0.4 is 0 Å². The Labute approximate surface area is 166 Å². The van der Waals surface area contributed by atoms with E-state index in [9.17, 15) is 4.79 Å². The molecule has 1 fully saturated rings. The van der Waals surface area contributed by atoms with Crippen molar-refractivity contribution in [2.24, 2.45) is 0 Å². The maximum atomic E-state index is 13.5. The third-order valence-electron chi connectivity index (χ3n) is 5.95. The zero-order chi connectivity index (χ0) is 19.5. The van der Waals surface area contributed by atoms with Gasteiger partial charge >= 0.3 is 0 Å². The van der Waals surface area contributed by atoms with Gasteiger partial charge in [-0.3, -0.25) is 4.79 Å². The van der Waals surface area contributed by atoms with Gasteiger partial charge in [0.05, 0.1) is 28.9 Å². The number of rotatable bonds is 3. The Bertz CT molecular complexity index is 1230. The SMILES string of the molecule is Cc1cccn2nc([C@@H]3c4nc[nH]c4CCN3C(=O)c3ocnc3C3CC3)cc12. The van der Waals surface area contributed by atoms with Crippen LogP contribution in [0, 0.1) is 6.92 Å². The minimum atomic E-state index is -0.367. The first-order valence-electron chi connectivity index (χ1n) is 9.92. The number of H-pyrrole nitrogens is 1. The number of carbonyl (C=O) groups is 1. The number of hydrogen-bond acceptors (Lipinski definition) is 5. The Morgan fingerprint density at radius 1 is 1.28 bits per heavy atom. The first-order valence-corrected chi connectivity index (χ1v) is 9.92. The van der Waals surface area contributed by atoms with Gasteiger partial charge in [0.1, 0.15) is 6.04 Å². The van der Waals surface area contributed by atoms with Crippen LogP contribution in [0.3, 0.4) is 0 Å². The average molecular weight is 388 g/mol. The molecule has 4 aromatic heterocycles. The number of aryl methyl sites for hydroxylation is 1. The molecule has 0 bridgehead atoms. The van der Waals surface area contributed by atoms with Crippen LogP contribution in [0.15, 0.2) is 41.5 Å². The highest BCUT2D eigenvalue weighted by Gasteiger charge is 2.40. The molecule has 1 amide bonds. The quantitative estimate of drug-likeness (QED) is 0.582. The summed E-state index contributed by atoms with van der Waals surface area (Å²) in [6.07, 6.45) is 7.84. The molecule has 1 saturated carbocycles. The van der Waals surface area contributed by atoms with Gasteiger partial charge in [-0.15, -0.1) is 0 Å². The molecule has 1 aliphatic heterocycles. The minimum Gasteiger partial charge on any atom is -0.438 e. The van der Waals surface area contributed by atoms with E-state index in [1.54, 1.807) is 6.33 Å². The number of hydrogen-bond donors (Lipinski definition) is 1. The van der Waals surface area contributed by atoms with Crippen molar-refractivity contribution in [3.05, 3.63) is 71.2 Å². The van der Waals surface area contributed by atoms with Crippen molar-refractivity contribution in [2.75, 3.05) is 6.54 Å². The molecule has 5 heterocycles. The number of carbonyl (C=O) groups excluding carboxylic acids is 1. The van der Waals surface area contributed by atoms with E-state index in [2.05, 4.69) is 27.9 Å². The number of oxazole rings is 1. The van der Waals surface area contributed by atoms with Crippen LogP contribution >= 0.6 is 0 Å². The molecule has 8 nitrogen and oxygen atoms in total. The fourth-order valence-electron chi connectivity index (χ4n) is 4.30. The molecule has 8 heteroatoms. The van der Waals surface area contributed by atoms with Gasteiger partial charge in [-0.25, -0.2) is 14.5 Å². The van der Waals surface area contributed by atoms with Crippen LogP contribution in [0.1, 0.15) is 63.7 Å². The highest BCUT2D eigenvalue weighted by Crippen LogP contribution is 2.42. The molecule has 1 atom stereocenters. The summed E-state index contributed by atoms with van der Waals surface area (Å²) in [5.74, 6) is 0.558. The lowest BCUT2D eigenvalue weighted by Gasteiger charge is -2.33. The second kappa shape index (κ2) is 6.04. The van der Waals surface area contributed by atoms with E-state index in [1.165, 1.54) is 6.39 Å². The number of nitrogens with zero attached hydrogens (tertiary/aromatic N) is 5. The summed E-state index contributed by atoms with van der Waals surface area (Å²) in [5, 5.41) is 4.78. The number of fused-ring (bicyclic) bond motifs is 2. The van der Waals surface area contributed by atoms with Crippen molar-refractivity contribution in [1.29, 1.82) is 0 Å². The largest absolute Gasteiger partial charge is 0.438 e. The third kappa shape index (κ3) is 2.52. The van der Waals surface area contributed by atoms with Crippen LogP contribution in [0.2, 0.25) is 0 Å². The molecule has 2 aliphatic rings. The predicted octanol–water partition coefficient (Wildman–Crippen LogP) is 3.02. The van der Waals surface area contributed by atoms with Crippen molar-refractivity contribution < 1.29 is 9.21 Å². The Morgan fingerprint density at radius 2 is 2.17 bits per heavy atom. The van der Waals surface area contributed by atoms with Crippen molar-refractivity contribution >= 4 is 11.4 Å². The van der Waals surface area contributed by atoms with Gasteiger partial charge in [0.25, 0.3) is 5.91 Å². The van der Waals surface area contributed by atoms with Crippen LogP contribution in [-0.4, -0.2) is 41.9 Å². The number of amides is 1. The standard InChI is InChI=1S/C21H20N6O2/c1-12-3-2-7-27-16(12)9-15(25-27)19-18-14(22-10-23-18)6-8-26(19)21(28)20-17(13-4-5-13)24-11-29-20/h2-3,7,9-11,13,19H,4-6,8H2,1H3,(H,22,23)/t19-/m1/s1. The zero-order valence-corrected chi connectivity index (χ0v) is 16.0. The van der Waals surface area contributed by atoms with E-state index in [1.807, 2.05) is 27.7 Å². The molecule has 0 radical (unpaired) electrons. The van der Waals surface area contributed by atoms with Gasteiger partial charge in [0.2, 0.25) is 5.76 Å². The van der Waals surface area contributed by atoms with E-state index in [0.29, 0.717) is 18.2 Å². The van der Waals surface area contributed by atoms with E-state index >= 15 is 0 Å². The van der Waals surface area contributed by atoms with Crippen LogP contribution in [0.4, 0.5) is 0 Å². The molecule has 1 N–H and O–H groups in total. The number of pyridine rings is 1. The maximum Gasteiger partial charge on any atom is 0.292 e. The summed E-state index contributed by atoms with van der Waals surface area (Å²) >= 11 is 0. The van der Waals surface area contributed by atoms with E-state index in [-0.39, 0.29) is 11.9 Å². The molecular formula is C21H20N6O2. The zero-order valence-electron chi connectivity index (χ0n) is 16.0. The van der Waals surface area contributed by atoms with Gasteiger partial charge < -0.3 is 14.3 Å². The van der Waals surface area contributed by atoms with Crippen molar-refractivity contribution in [3.8, 4) is 0 Å². The fraction of sp³-hybridized carbons (Fsp3) is 0.333. The van der Waals surface area contributed by atoms with E-state index < -0.39 is 0 Å². The number of imidazole rings is 1. The fourth-order valence-corrected chi connectivity index (χ4v) is 4.30. The molecular weight excluding hydrogens is 368 g/mol. The Morgan fingerprint density at radius 3 is 3.00 bits per heavy atom.